The molecule has 1 rings (SSSR count). The van der Waals surface area contributed by atoms with Gasteiger partial charge in [0.15, 0.2) is 9.84 Å². The van der Waals surface area contributed by atoms with Crippen molar-refractivity contribution in [2.45, 2.75) is 17.7 Å². The van der Waals surface area contributed by atoms with Gasteiger partial charge in [-0.1, -0.05) is 12.1 Å². The molecule has 0 radical (unpaired) electrons. The second-order valence-electron chi connectivity index (χ2n) is 3.46. The molecule has 3 nitrogen and oxygen atoms in total. The van der Waals surface area contributed by atoms with E-state index >= 15 is 0 Å². The fraction of sp³-hybridized carbons (Fsp3) is 0.364. The summed E-state index contributed by atoms with van der Waals surface area (Å²) in [6, 6.07) is 6.96. The van der Waals surface area contributed by atoms with Crippen molar-refractivity contribution in [1.82, 2.24) is 0 Å². The lowest BCUT2D eigenvalue weighted by Crippen LogP contribution is -1.98. The molecule has 0 aliphatic rings. The third kappa shape index (κ3) is 4.25. The molecule has 16 heavy (non-hydrogen) atoms. The van der Waals surface area contributed by atoms with Crippen LogP contribution in [0.3, 0.4) is 0 Å². The largest absolute Gasteiger partial charge is 0.224 e. The van der Waals surface area contributed by atoms with Gasteiger partial charge in [-0.05, 0) is 42.3 Å². The van der Waals surface area contributed by atoms with Crippen LogP contribution in [0.5, 0.6) is 0 Å². The lowest BCUT2D eigenvalue weighted by molar-refractivity contribution is 0.601. The molecule has 0 atom stereocenters. The van der Waals surface area contributed by atoms with Crippen LogP contribution in [-0.4, -0.2) is 20.4 Å². The standard InChI is InChI=1S/C11H13NO2S2/c1-16(13,14)11-6-2-4-10(8-11)5-3-7-15-9-12/h2,4,6,8H,3,5,7H2,1H3. The zero-order chi connectivity index (χ0) is 12.0. The number of sulfone groups is 1. The van der Waals surface area contributed by atoms with Crippen molar-refractivity contribution < 1.29 is 8.42 Å². The molecule has 0 heterocycles. The van der Waals surface area contributed by atoms with Crippen LogP contribution in [0.2, 0.25) is 0 Å². The number of hydrogen-bond donors (Lipinski definition) is 0. The normalized spacial score (nSPS) is 11.0. The second kappa shape index (κ2) is 5.92. The van der Waals surface area contributed by atoms with Crippen LogP contribution in [0, 0.1) is 10.7 Å². The molecular formula is C11H13NO2S2. The van der Waals surface area contributed by atoms with E-state index in [1.54, 1.807) is 18.2 Å². The Labute approximate surface area is 100 Å². The topological polar surface area (TPSA) is 57.9 Å². The van der Waals surface area contributed by atoms with E-state index < -0.39 is 9.84 Å². The minimum atomic E-state index is -3.12. The summed E-state index contributed by atoms with van der Waals surface area (Å²) >= 11 is 1.22. The van der Waals surface area contributed by atoms with E-state index in [1.165, 1.54) is 18.0 Å². The summed E-state index contributed by atoms with van der Waals surface area (Å²) in [5.41, 5.74) is 1.00. The molecule has 0 fully saturated rings. The van der Waals surface area contributed by atoms with Gasteiger partial charge in [-0.25, -0.2) is 8.42 Å². The lowest BCUT2D eigenvalue weighted by Gasteiger charge is -2.02. The third-order valence-corrected chi connectivity index (χ3v) is 3.84. The van der Waals surface area contributed by atoms with E-state index in [9.17, 15) is 8.42 Å². The van der Waals surface area contributed by atoms with Crippen molar-refractivity contribution in [3.63, 3.8) is 0 Å². The molecule has 0 aromatic heterocycles. The predicted octanol–water partition coefficient (Wildman–Crippen LogP) is 2.24. The van der Waals surface area contributed by atoms with Gasteiger partial charge in [0.05, 0.1) is 4.90 Å². The highest BCUT2D eigenvalue weighted by Gasteiger charge is 2.06. The van der Waals surface area contributed by atoms with Gasteiger partial charge in [-0.15, -0.1) is 0 Å². The van der Waals surface area contributed by atoms with Crippen molar-refractivity contribution >= 4 is 21.6 Å². The number of benzene rings is 1. The van der Waals surface area contributed by atoms with Crippen LogP contribution in [0.4, 0.5) is 0 Å². The van der Waals surface area contributed by atoms with Gasteiger partial charge in [-0.2, -0.15) is 5.26 Å². The van der Waals surface area contributed by atoms with Crippen molar-refractivity contribution in [3.05, 3.63) is 29.8 Å². The van der Waals surface area contributed by atoms with Crippen LogP contribution in [-0.2, 0) is 16.3 Å². The quantitative estimate of drug-likeness (QED) is 0.598. The molecule has 1 aromatic carbocycles. The lowest BCUT2D eigenvalue weighted by atomic mass is 10.1. The fourth-order valence-electron chi connectivity index (χ4n) is 1.33. The Morgan fingerprint density at radius 1 is 1.44 bits per heavy atom. The molecule has 0 unspecified atom stereocenters. The Balaban J connectivity index is 2.66. The molecule has 0 saturated carbocycles. The Bertz CT molecular complexity index is 489. The summed E-state index contributed by atoms with van der Waals surface area (Å²) in [6.07, 6.45) is 2.89. The fourth-order valence-corrected chi connectivity index (χ4v) is 2.40. The number of thiocyanates is 1. The molecule has 0 aliphatic carbocycles. The minimum absolute atomic E-state index is 0.359. The average Bonchev–Trinajstić information content (AvgIpc) is 2.24. The van der Waals surface area contributed by atoms with E-state index in [2.05, 4.69) is 0 Å². The minimum Gasteiger partial charge on any atom is -0.224 e. The number of nitriles is 1. The molecular weight excluding hydrogens is 242 g/mol. The first-order valence-corrected chi connectivity index (χ1v) is 7.71. The number of hydrogen-bond acceptors (Lipinski definition) is 4. The van der Waals surface area contributed by atoms with Gasteiger partial charge in [0.25, 0.3) is 0 Å². The number of nitrogens with zero attached hydrogens (tertiary/aromatic N) is 1. The maximum Gasteiger partial charge on any atom is 0.175 e. The highest BCUT2D eigenvalue weighted by molar-refractivity contribution is 8.03. The van der Waals surface area contributed by atoms with E-state index in [-0.39, 0.29) is 0 Å². The maximum absolute atomic E-state index is 11.3. The Morgan fingerprint density at radius 2 is 2.19 bits per heavy atom. The molecule has 5 heteroatoms. The van der Waals surface area contributed by atoms with Crippen molar-refractivity contribution in [1.29, 1.82) is 5.26 Å². The highest BCUT2D eigenvalue weighted by Crippen LogP contribution is 2.13. The first-order valence-electron chi connectivity index (χ1n) is 4.84. The van der Waals surface area contributed by atoms with E-state index in [4.69, 9.17) is 5.26 Å². The molecule has 1 aromatic rings. The highest BCUT2D eigenvalue weighted by atomic mass is 32.2. The van der Waals surface area contributed by atoms with Crippen molar-refractivity contribution in [2.75, 3.05) is 12.0 Å². The molecule has 0 aliphatic heterocycles. The molecule has 0 spiro atoms. The van der Waals surface area contributed by atoms with Gasteiger partial charge in [0, 0.05) is 12.0 Å². The maximum atomic E-state index is 11.3. The van der Waals surface area contributed by atoms with Gasteiger partial charge < -0.3 is 0 Å². The van der Waals surface area contributed by atoms with Crippen LogP contribution in [0.25, 0.3) is 0 Å². The zero-order valence-corrected chi connectivity index (χ0v) is 10.6. The van der Waals surface area contributed by atoms with Crippen LogP contribution in [0.15, 0.2) is 29.2 Å². The Kier molecular flexibility index (Phi) is 4.84. The van der Waals surface area contributed by atoms with Gasteiger partial charge in [-0.3, -0.25) is 0 Å². The molecule has 0 saturated heterocycles. The van der Waals surface area contributed by atoms with Crippen LogP contribution in [0.1, 0.15) is 12.0 Å². The predicted molar refractivity (Wildman–Crippen MR) is 65.9 cm³/mol. The summed E-state index contributed by atoms with van der Waals surface area (Å²) in [7, 11) is -3.12. The molecule has 0 bridgehead atoms. The SMILES string of the molecule is CS(=O)(=O)c1cccc(CCCSC#N)c1. The van der Waals surface area contributed by atoms with Crippen molar-refractivity contribution in [2.24, 2.45) is 0 Å². The monoisotopic (exact) mass is 255 g/mol. The summed E-state index contributed by atoms with van der Waals surface area (Å²) in [5, 5.41) is 10.4. The summed E-state index contributed by atoms with van der Waals surface area (Å²) in [5.74, 6) is 0.777. The van der Waals surface area contributed by atoms with Gasteiger partial charge in [0.1, 0.15) is 5.40 Å². The van der Waals surface area contributed by atoms with Gasteiger partial charge in [0.2, 0.25) is 0 Å². The van der Waals surface area contributed by atoms with Crippen molar-refractivity contribution in [3.8, 4) is 5.40 Å². The number of thioether (sulfide) groups is 1. The number of aryl methyl sites for hydroxylation is 1. The Hall–Kier alpha value is -0.990. The first kappa shape index (κ1) is 13.1. The third-order valence-electron chi connectivity index (χ3n) is 2.10. The zero-order valence-electron chi connectivity index (χ0n) is 9.01. The first-order chi connectivity index (χ1) is 7.54. The summed E-state index contributed by atoms with van der Waals surface area (Å²) < 4.78 is 22.6. The average molecular weight is 255 g/mol. The molecule has 0 amide bonds. The smallest absolute Gasteiger partial charge is 0.175 e. The van der Waals surface area contributed by atoms with Crippen LogP contribution < -0.4 is 0 Å². The number of rotatable bonds is 5. The molecule has 0 N–H and O–H groups in total. The van der Waals surface area contributed by atoms with E-state index in [1.807, 2.05) is 11.5 Å². The van der Waals surface area contributed by atoms with Crippen LogP contribution >= 0.6 is 11.8 Å². The van der Waals surface area contributed by atoms with E-state index in [0.717, 1.165) is 24.2 Å². The van der Waals surface area contributed by atoms with Gasteiger partial charge >= 0.3 is 0 Å². The summed E-state index contributed by atoms with van der Waals surface area (Å²) in [6.45, 7) is 0. The second-order valence-corrected chi connectivity index (χ2v) is 6.36. The summed E-state index contributed by atoms with van der Waals surface area (Å²) in [4.78, 5) is 0.359. The van der Waals surface area contributed by atoms with E-state index in [0.29, 0.717) is 4.90 Å². The Morgan fingerprint density at radius 3 is 2.81 bits per heavy atom. The molecule has 86 valence electrons.